The molecule has 1 aliphatic carbocycles. The van der Waals surface area contributed by atoms with Crippen molar-refractivity contribution in [2.24, 2.45) is 11.3 Å². The zero-order valence-corrected chi connectivity index (χ0v) is 12.5. The van der Waals surface area contributed by atoms with Crippen LogP contribution in [0.2, 0.25) is 0 Å². The van der Waals surface area contributed by atoms with Crippen molar-refractivity contribution in [2.45, 2.75) is 66.3 Å². The van der Waals surface area contributed by atoms with E-state index in [4.69, 9.17) is 0 Å². The number of hydrogen-bond acceptors (Lipinski definition) is 1. The van der Waals surface area contributed by atoms with Gasteiger partial charge in [0, 0.05) is 12.2 Å². The fraction of sp³-hybridized carbons (Fsp3) is 0.800. The molecule has 2 atom stereocenters. The Bertz CT molecular complexity index is 315. The van der Waals surface area contributed by atoms with E-state index in [0.29, 0.717) is 12.0 Å². The van der Waals surface area contributed by atoms with Crippen LogP contribution in [0, 0.1) is 11.3 Å². The lowest BCUT2D eigenvalue weighted by molar-refractivity contribution is 0.224. The maximum absolute atomic E-state index is 11.8. The summed E-state index contributed by atoms with van der Waals surface area (Å²) in [6.45, 7) is 10.7. The van der Waals surface area contributed by atoms with Crippen LogP contribution >= 0.6 is 0 Å². The molecule has 104 valence electrons. The molecule has 0 aliphatic heterocycles. The van der Waals surface area contributed by atoms with Crippen LogP contribution < -0.4 is 10.6 Å². The summed E-state index contributed by atoms with van der Waals surface area (Å²) in [5, 5.41) is 5.93. The van der Waals surface area contributed by atoms with Crippen LogP contribution in [0.25, 0.3) is 0 Å². The maximum atomic E-state index is 11.8. The third kappa shape index (κ3) is 4.71. The van der Waals surface area contributed by atoms with E-state index < -0.39 is 0 Å². The average molecular weight is 252 g/mol. The molecule has 1 fully saturated rings. The molecule has 0 spiro atoms. The van der Waals surface area contributed by atoms with Gasteiger partial charge in [-0.25, -0.2) is 4.79 Å². The Balaban J connectivity index is 2.42. The fourth-order valence-electron chi connectivity index (χ4n) is 2.13. The second-order valence-corrected chi connectivity index (χ2v) is 6.56. The molecule has 0 bridgehead atoms. The second-order valence-electron chi connectivity index (χ2n) is 6.56. The van der Waals surface area contributed by atoms with Crippen LogP contribution in [0.1, 0.15) is 60.3 Å². The van der Waals surface area contributed by atoms with E-state index >= 15 is 0 Å². The summed E-state index contributed by atoms with van der Waals surface area (Å²) in [7, 11) is 0. The molecule has 1 saturated carbocycles. The monoisotopic (exact) mass is 252 g/mol. The first kappa shape index (κ1) is 15.1. The third-order valence-electron chi connectivity index (χ3n) is 4.03. The highest BCUT2D eigenvalue weighted by molar-refractivity contribution is 5.75. The van der Waals surface area contributed by atoms with Gasteiger partial charge in [0.25, 0.3) is 0 Å². The van der Waals surface area contributed by atoms with Crippen molar-refractivity contribution in [1.29, 1.82) is 0 Å². The van der Waals surface area contributed by atoms with Gasteiger partial charge in [-0.15, -0.1) is 0 Å². The minimum Gasteiger partial charge on any atom is -0.335 e. The van der Waals surface area contributed by atoms with E-state index in [2.05, 4.69) is 38.3 Å². The van der Waals surface area contributed by atoms with Crippen molar-refractivity contribution < 1.29 is 4.79 Å². The van der Waals surface area contributed by atoms with Crippen LogP contribution in [-0.4, -0.2) is 12.1 Å². The number of carbonyl (C=O) groups is 1. The predicted molar refractivity (Wildman–Crippen MR) is 76.3 cm³/mol. The molecule has 1 aliphatic rings. The smallest absolute Gasteiger partial charge is 0.318 e. The van der Waals surface area contributed by atoms with Gasteiger partial charge >= 0.3 is 6.03 Å². The van der Waals surface area contributed by atoms with Crippen molar-refractivity contribution in [3.8, 4) is 0 Å². The fourth-order valence-corrected chi connectivity index (χ4v) is 2.13. The molecule has 0 aromatic carbocycles. The molecule has 0 heterocycles. The minimum absolute atomic E-state index is 0.0719. The van der Waals surface area contributed by atoms with Gasteiger partial charge in [-0.3, -0.25) is 0 Å². The summed E-state index contributed by atoms with van der Waals surface area (Å²) in [6, 6.07) is 0.263. The molecular weight excluding hydrogens is 224 g/mol. The molecule has 18 heavy (non-hydrogen) atoms. The van der Waals surface area contributed by atoms with Crippen LogP contribution in [0.5, 0.6) is 0 Å². The first-order valence-electron chi connectivity index (χ1n) is 7.05. The summed E-state index contributed by atoms with van der Waals surface area (Å²) in [5.41, 5.74) is 1.28. The highest BCUT2D eigenvalue weighted by Gasteiger charge is 2.22. The standard InChI is InChI=1S/C15H28N2O/c1-11-8-6-7-9-13(11)17-14(18)16-10-12(2)15(3,4)5/h10-11,13H,6-9H2,1-5H3,(H2,16,17,18)/b12-10+. The molecular formula is C15H28N2O. The number of nitrogens with one attached hydrogen (secondary N) is 2. The van der Waals surface area contributed by atoms with Crippen LogP contribution in [0.4, 0.5) is 4.79 Å². The Hall–Kier alpha value is -0.990. The van der Waals surface area contributed by atoms with Crippen molar-refractivity contribution in [2.75, 3.05) is 0 Å². The van der Waals surface area contributed by atoms with Gasteiger partial charge in [-0.2, -0.15) is 0 Å². The second kappa shape index (κ2) is 6.26. The van der Waals surface area contributed by atoms with Gasteiger partial charge in [0.05, 0.1) is 0 Å². The first-order chi connectivity index (χ1) is 8.30. The summed E-state index contributed by atoms with van der Waals surface area (Å²) < 4.78 is 0. The van der Waals surface area contributed by atoms with Crippen LogP contribution in [0.15, 0.2) is 11.8 Å². The van der Waals surface area contributed by atoms with Gasteiger partial charge in [0.2, 0.25) is 0 Å². The van der Waals surface area contributed by atoms with Crippen LogP contribution in [0.3, 0.4) is 0 Å². The largest absolute Gasteiger partial charge is 0.335 e. The number of hydrogen-bond donors (Lipinski definition) is 2. The summed E-state index contributed by atoms with van der Waals surface area (Å²) in [4.78, 5) is 11.8. The van der Waals surface area contributed by atoms with Crippen LogP contribution in [-0.2, 0) is 0 Å². The quantitative estimate of drug-likeness (QED) is 0.771. The van der Waals surface area contributed by atoms with Crippen molar-refractivity contribution in [1.82, 2.24) is 10.6 Å². The molecule has 3 nitrogen and oxygen atoms in total. The average Bonchev–Trinajstić information content (AvgIpc) is 2.27. The molecule has 1 rings (SSSR count). The number of allylic oxidation sites excluding steroid dienone is 1. The summed E-state index contributed by atoms with van der Waals surface area (Å²) >= 11 is 0. The highest BCUT2D eigenvalue weighted by atomic mass is 16.2. The lowest BCUT2D eigenvalue weighted by Crippen LogP contribution is -2.44. The molecule has 0 aromatic heterocycles. The number of amides is 2. The minimum atomic E-state index is -0.0719. The molecule has 0 saturated heterocycles. The predicted octanol–water partition coefficient (Wildman–Crippen LogP) is 3.81. The normalized spacial score (nSPS) is 25.7. The van der Waals surface area contributed by atoms with E-state index in [1.807, 2.05) is 13.1 Å². The van der Waals surface area contributed by atoms with Gasteiger partial charge in [-0.1, -0.05) is 46.1 Å². The van der Waals surface area contributed by atoms with Crippen molar-refractivity contribution in [3.63, 3.8) is 0 Å². The Morgan fingerprint density at radius 1 is 1.22 bits per heavy atom. The Morgan fingerprint density at radius 2 is 1.83 bits per heavy atom. The summed E-state index contributed by atoms with van der Waals surface area (Å²) in [5.74, 6) is 0.595. The molecule has 0 aromatic rings. The molecule has 2 N–H and O–H groups in total. The molecule has 0 radical (unpaired) electrons. The molecule has 2 amide bonds. The zero-order chi connectivity index (χ0) is 13.8. The Morgan fingerprint density at radius 3 is 2.39 bits per heavy atom. The van der Waals surface area contributed by atoms with Gasteiger partial charge in [0.1, 0.15) is 0 Å². The van der Waals surface area contributed by atoms with Gasteiger partial charge in [0.15, 0.2) is 0 Å². The molecule has 3 heteroatoms. The Labute approximate surface area is 111 Å². The van der Waals surface area contributed by atoms with Gasteiger partial charge in [-0.05, 0) is 31.1 Å². The zero-order valence-electron chi connectivity index (χ0n) is 12.5. The third-order valence-corrected chi connectivity index (χ3v) is 4.03. The topological polar surface area (TPSA) is 41.1 Å². The maximum Gasteiger partial charge on any atom is 0.318 e. The lowest BCUT2D eigenvalue weighted by Gasteiger charge is -2.29. The SMILES string of the molecule is C/C(=C\NC(=O)NC1CCCCC1C)C(C)(C)C. The number of carbonyl (C=O) groups excluding carboxylic acids is 1. The Kier molecular flexibility index (Phi) is 5.24. The van der Waals surface area contributed by atoms with E-state index in [1.165, 1.54) is 24.8 Å². The lowest BCUT2D eigenvalue weighted by atomic mass is 9.86. The highest BCUT2D eigenvalue weighted by Crippen LogP contribution is 2.24. The first-order valence-corrected chi connectivity index (χ1v) is 7.05. The number of rotatable bonds is 2. The van der Waals surface area contributed by atoms with E-state index in [-0.39, 0.29) is 11.4 Å². The van der Waals surface area contributed by atoms with Gasteiger partial charge < -0.3 is 10.6 Å². The van der Waals surface area contributed by atoms with E-state index in [9.17, 15) is 4.79 Å². The van der Waals surface area contributed by atoms with Crippen molar-refractivity contribution in [3.05, 3.63) is 11.8 Å². The van der Waals surface area contributed by atoms with E-state index in [1.54, 1.807) is 0 Å². The van der Waals surface area contributed by atoms with E-state index in [0.717, 1.165) is 6.42 Å². The number of urea groups is 1. The van der Waals surface area contributed by atoms with Crippen molar-refractivity contribution >= 4 is 6.03 Å². The summed E-state index contributed by atoms with van der Waals surface area (Å²) in [6.07, 6.45) is 6.68. The molecule has 2 unspecified atom stereocenters.